The summed E-state index contributed by atoms with van der Waals surface area (Å²) in [7, 11) is 0. The molecule has 0 fully saturated rings. The summed E-state index contributed by atoms with van der Waals surface area (Å²) in [6.45, 7) is 1.48. The Bertz CT molecular complexity index is 444. The van der Waals surface area contributed by atoms with E-state index in [1.54, 1.807) is 24.3 Å². The molecule has 1 aromatic rings. The van der Waals surface area contributed by atoms with Crippen LogP contribution in [0.25, 0.3) is 0 Å². The Morgan fingerprint density at radius 1 is 1.33 bits per heavy atom. The average Bonchev–Trinajstić information content (AvgIpc) is 2.26. The molecule has 4 N–H and O–H groups in total. The van der Waals surface area contributed by atoms with Crippen molar-refractivity contribution >= 4 is 11.7 Å². The van der Waals surface area contributed by atoms with E-state index in [-0.39, 0.29) is 18.6 Å². The van der Waals surface area contributed by atoms with Gasteiger partial charge in [0.2, 0.25) is 5.91 Å². The highest BCUT2D eigenvalue weighted by Crippen LogP contribution is 2.20. The standard InChI is InChI=1S/C13H17NO4/c1-8(15)5-9-3-2-4-10(6-9)13(18)11(16)7-12(14)17/h2-4,6,11,13,16,18H,5,7H2,1H3,(H2,14,17). The van der Waals surface area contributed by atoms with Crippen molar-refractivity contribution in [1.29, 1.82) is 0 Å². The second-order valence-electron chi connectivity index (χ2n) is 4.31. The predicted octanol–water partition coefficient (Wildman–Crippen LogP) is 0.0878. The van der Waals surface area contributed by atoms with Crippen LogP contribution < -0.4 is 5.73 Å². The molecule has 5 heteroatoms. The molecule has 0 bridgehead atoms. The summed E-state index contributed by atoms with van der Waals surface area (Å²) in [5, 5.41) is 19.5. The SMILES string of the molecule is CC(=O)Cc1cccc(C(O)C(O)CC(N)=O)c1. The first-order valence-corrected chi connectivity index (χ1v) is 5.63. The normalized spacial score (nSPS) is 13.9. The summed E-state index contributed by atoms with van der Waals surface area (Å²) in [5.41, 5.74) is 6.17. The number of hydrogen-bond donors (Lipinski definition) is 3. The van der Waals surface area contributed by atoms with Gasteiger partial charge in [0.15, 0.2) is 0 Å². The van der Waals surface area contributed by atoms with Crippen molar-refractivity contribution < 1.29 is 19.8 Å². The van der Waals surface area contributed by atoms with Crippen molar-refractivity contribution in [2.24, 2.45) is 5.73 Å². The Morgan fingerprint density at radius 2 is 2.00 bits per heavy atom. The van der Waals surface area contributed by atoms with E-state index in [1.165, 1.54) is 6.92 Å². The van der Waals surface area contributed by atoms with Crippen molar-refractivity contribution in [1.82, 2.24) is 0 Å². The lowest BCUT2D eigenvalue weighted by atomic mass is 9.98. The Labute approximate surface area is 105 Å². The lowest BCUT2D eigenvalue weighted by molar-refractivity contribution is -0.121. The summed E-state index contributed by atoms with van der Waals surface area (Å²) in [5.74, 6) is -0.666. The Hall–Kier alpha value is -1.72. The maximum Gasteiger partial charge on any atom is 0.220 e. The fraction of sp³-hybridized carbons (Fsp3) is 0.385. The van der Waals surface area contributed by atoms with Gasteiger partial charge in [-0.15, -0.1) is 0 Å². The fourth-order valence-corrected chi connectivity index (χ4v) is 1.71. The summed E-state index contributed by atoms with van der Waals surface area (Å²) in [6, 6.07) is 6.71. The molecular weight excluding hydrogens is 234 g/mol. The molecule has 0 aliphatic rings. The van der Waals surface area contributed by atoms with Crippen molar-refractivity contribution in [2.45, 2.75) is 32.0 Å². The summed E-state index contributed by atoms with van der Waals surface area (Å²) < 4.78 is 0. The lowest BCUT2D eigenvalue weighted by Crippen LogP contribution is -2.25. The number of ketones is 1. The van der Waals surface area contributed by atoms with Gasteiger partial charge in [-0.25, -0.2) is 0 Å². The van der Waals surface area contributed by atoms with Gasteiger partial charge in [0.25, 0.3) is 0 Å². The maximum atomic E-state index is 11.0. The minimum Gasteiger partial charge on any atom is -0.390 e. The maximum absolute atomic E-state index is 11.0. The van der Waals surface area contributed by atoms with Crippen LogP contribution in [0.2, 0.25) is 0 Å². The average molecular weight is 251 g/mol. The molecule has 0 saturated carbocycles. The molecular formula is C13H17NO4. The third kappa shape index (κ3) is 4.27. The summed E-state index contributed by atoms with van der Waals surface area (Å²) >= 11 is 0. The van der Waals surface area contributed by atoms with E-state index in [4.69, 9.17) is 5.73 Å². The van der Waals surface area contributed by atoms with Crippen LogP contribution in [0.5, 0.6) is 0 Å². The second kappa shape index (κ2) is 6.28. The van der Waals surface area contributed by atoms with Gasteiger partial charge in [-0.1, -0.05) is 24.3 Å². The number of benzene rings is 1. The lowest BCUT2D eigenvalue weighted by Gasteiger charge is -2.17. The molecule has 2 atom stereocenters. The van der Waals surface area contributed by atoms with Crippen LogP contribution in [0.1, 0.15) is 30.6 Å². The third-order valence-corrected chi connectivity index (χ3v) is 2.52. The highest BCUT2D eigenvalue weighted by atomic mass is 16.3. The Morgan fingerprint density at radius 3 is 2.56 bits per heavy atom. The zero-order valence-electron chi connectivity index (χ0n) is 10.2. The first-order valence-electron chi connectivity index (χ1n) is 5.63. The monoisotopic (exact) mass is 251 g/mol. The van der Waals surface area contributed by atoms with Gasteiger partial charge >= 0.3 is 0 Å². The molecule has 0 aliphatic heterocycles. The number of amides is 1. The smallest absolute Gasteiger partial charge is 0.220 e. The fourth-order valence-electron chi connectivity index (χ4n) is 1.71. The van der Waals surface area contributed by atoms with Crippen LogP contribution in [0.4, 0.5) is 0 Å². The highest BCUT2D eigenvalue weighted by molar-refractivity contribution is 5.78. The molecule has 98 valence electrons. The number of carbonyl (C=O) groups excluding carboxylic acids is 2. The van der Waals surface area contributed by atoms with Crippen molar-refractivity contribution in [3.05, 3.63) is 35.4 Å². The van der Waals surface area contributed by atoms with Crippen LogP contribution in [0.3, 0.4) is 0 Å². The number of carbonyl (C=O) groups is 2. The first kappa shape index (κ1) is 14.3. The molecule has 5 nitrogen and oxygen atoms in total. The largest absolute Gasteiger partial charge is 0.390 e. The molecule has 1 amide bonds. The van der Waals surface area contributed by atoms with Gasteiger partial charge < -0.3 is 15.9 Å². The minimum atomic E-state index is -1.24. The summed E-state index contributed by atoms with van der Waals surface area (Å²) in [6.07, 6.45) is -2.47. The van der Waals surface area contributed by atoms with Crippen LogP contribution >= 0.6 is 0 Å². The quantitative estimate of drug-likeness (QED) is 0.666. The van der Waals surface area contributed by atoms with Gasteiger partial charge in [-0.3, -0.25) is 9.59 Å². The third-order valence-electron chi connectivity index (χ3n) is 2.52. The van der Waals surface area contributed by atoms with Crippen molar-refractivity contribution in [2.75, 3.05) is 0 Å². The van der Waals surface area contributed by atoms with E-state index in [2.05, 4.69) is 0 Å². The van der Waals surface area contributed by atoms with Gasteiger partial charge in [0.05, 0.1) is 12.5 Å². The number of nitrogens with two attached hydrogens (primary N) is 1. The van der Waals surface area contributed by atoms with Crippen LogP contribution in [-0.4, -0.2) is 28.0 Å². The van der Waals surface area contributed by atoms with E-state index in [1.807, 2.05) is 0 Å². The van der Waals surface area contributed by atoms with Crippen LogP contribution in [-0.2, 0) is 16.0 Å². The molecule has 0 saturated heterocycles. The summed E-state index contributed by atoms with van der Waals surface area (Å²) in [4.78, 5) is 21.7. The first-order chi connectivity index (χ1) is 8.40. The topological polar surface area (TPSA) is 101 Å². The van der Waals surface area contributed by atoms with E-state index in [0.29, 0.717) is 5.56 Å². The van der Waals surface area contributed by atoms with E-state index in [9.17, 15) is 19.8 Å². The number of rotatable bonds is 6. The van der Waals surface area contributed by atoms with Gasteiger partial charge in [-0.2, -0.15) is 0 Å². The number of primary amides is 1. The zero-order chi connectivity index (χ0) is 13.7. The van der Waals surface area contributed by atoms with Gasteiger partial charge in [0, 0.05) is 6.42 Å². The Kier molecular flexibility index (Phi) is 5.00. The minimum absolute atomic E-state index is 0.0133. The molecule has 1 aromatic carbocycles. The van der Waals surface area contributed by atoms with Crippen LogP contribution in [0, 0.1) is 0 Å². The van der Waals surface area contributed by atoms with Crippen LogP contribution in [0.15, 0.2) is 24.3 Å². The predicted molar refractivity (Wildman–Crippen MR) is 65.6 cm³/mol. The molecule has 1 rings (SSSR count). The van der Waals surface area contributed by atoms with Crippen molar-refractivity contribution in [3.8, 4) is 0 Å². The van der Waals surface area contributed by atoms with Crippen molar-refractivity contribution in [3.63, 3.8) is 0 Å². The molecule has 0 aliphatic carbocycles. The molecule has 0 radical (unpaired) electrons. The number of Topliss-reactive ketones (excluding diaryl/α,β-unsaturated/α-hetero) is 1. The number of hydrogen-bond acceptors (Lipinski definition) is 4. The van der Waals surface area contributed by atoms with E-state index < -0.39 is 18.1 Å². The van der Waals surface area contributed by atoms with Gasteiger partial charge in [-0.05, 0) is 18.1 Å². The number of aliphatic hydroxyl groups excluding tert-OH is 2. The highest BCUT2D eigenvalue weighted by Gasteiger charge is 2.20. The van der Waals surface area contributed by atoms with Gasteiger partial charge in [0.1, 0.15) is 11.9 Å². The molecule has 2 unspecified atom stereocenters. The zero-order valence-corrected chi connectivity index (χ0v) is 10.2. The second-order valence-corrected chi connectivity index (χ2v) is 4.31. The molecule has 0 spiro atoms. The molecule has 0 aromatic heterocycles. The van der Waals surface area contributed by atoms with E-state index in [0.717, 1.165) is 5.56 Å². The molecule has 0 heterocycles. The molecule has 18 heavy (non-hydrogen) atoms. The van der Waals surface area contributed by atoms with E-state index >= 15 is 0 Å². The Balaban J connectivity index is 2.82. The number of aliphatic hydroxyl groups is 2.